The molecule has 0 saturated carbocycles. The highest BCUT2D eigenvalue weighted by Crippen LogP contribution is 2.28. The molecule has 0 amide bonds. The number of nitrogens with one attached hydrogen (secondary N) is 1. The van der Waals surface area contributed by atoms with Crippen molar-refractivity contribution in [3.63, 3.8) is 0 Å². The quantitative estimate of drug-likeness (QED) is 0.894. The maximum atomic E-state index is 5.38. The molecule has 15 heavy (non-hydrogen) atoms. The van der Waals surface area contributed by atoms with E-state index in [4.69, 9.17) is 9.47 Å². The van der Waals surface area contributed by atoms with Crippen LogP contribution in [0.3, 0.4) is 0 Å². The summed E-state index contributed by atoms with van der Waals surface area (Å²) in [5.74, 6) is 0.832. The van der Waals surface area contributed by atoms with Crippen molar-refractivity contribution >= 4 is 15.9 Å². The van der Waals surface area contributed by atoms with Crippen molar-refractivity contribution in [1.82, 2.24) is 5.32 Å². The first-order chi connectivity index (χ1) is 7.22. The molecule has 0 fully saturated rings. The Morgan fingerprint density at radius 3 is 2.60 bits per heavy atom. The average Bonchev–Trinajstić information content (AvgIpc) is 2.25. The van der Waals surface area contributed by atoms with Gasteiger partial charge in [0.2, 0.25) is 0 Å². The van der Waals surface area contributed by atoms with Gasteiger partial charge < -0.3 is 14.8 Å². The van der Waals surface area contributed by atoms with E-state index in [1.165, 1.54) is 0 Å². The third-order valence-electron chi connectivity index (χ3n) is 2.22. The average molecular weight is 274 g/mol. The minimum Gasteiger partial charge on any atom is -0.496 e. The summed E-state index contributed by atoms with van der Waals surface area (Å²) in [6, 6.07) is 5.96. The van der Waals surface area contributed by atoms with Crippen LogP contribution in [0.1, 0.15) is 11.7 Å². The zero-order valence-electron chi connectivity index (χ0n) is 9.21. The molecule has 1 unspecified atom stereocenters. The Morgan fingerprint density at radius 2 is 2.13 bits per heavy atom. The molecule has 1 atom stereocenters. The third-order valence-corrected chi connectivity index (χ3v) is 2.84. The SMILES string of the molecule is CNCC(OC)c1ccc(OC)c(Br)c1. The Morgan fingerprint density at radius 1 is 1.40 bits per heavy atom. The van der Waals surface area contributed by atoms with Crippen LogP contribution >= 0.6 is 15.9 Å². The van der Waals surface area contributed by atoms with Gasteiger partial charge in [-0.15, -0.1) is 0 Å². The second-order valence-corrected chi connectivity index (χ2v) is 4.03. The van der Waals surface area contributed by atoms with Crippen LogP contribution < -0.4 is 10.1 Å². The summed E-state index contributed by atoms with van der Waals surface area (Å²) >= 11 is 3.45. The number of rotatable bonds is 5. The van der Waals surface area contributed by atoms with Crippen molar-refractivity contribution in [3.05, 3.63) is 28.2 Å². The summed E-state index contributed by atoms with van der Waals surface area (Å²) in [5.41, 5.74) is 1.12. The van der Waals surface area contributed by atoms with Gasteiger partial charge in [-0.1, -0.05) is 6.07 Å². The highest BCUT2D eigenvalue weighted by Gasteiger charge is 2.11. The van der Waals surface area contributed by atoms with Crippen molar-refractivity contribution in [2.45, 2.75) is 6.10 Å². The second kappa shape index (κ2) is 6.10. The molecule has 0 bridgehead atoms. The first kappa shape index (κ1) is 12.5. The summed E-state index contributed by atoms with van der Waals surface area (Å²) in [4.78, 5) is 0. The van der Waals surface area contributed by atoms with E-state index in [-0.39, 0.29) is 6.10 Å². The standard InChI is InChI=1S/C11H16BrNO2/c1-13-7-11(15-3)8-4-5-10(14-2)9(12)6-8/h4-6,11,13H,7H2,1-3H3. The summed E-state index contributed by atoms with van der Waals surface area (Å²) < 4.78 is 11.5. The van der Waals surface area contributed by atoms with E-state index in [1.54, 1.807) is 14.2 Å². The first-order valence-corrected chi connectivity index (χ1v) is 5.53. The van der Waals surface area contributed by atoms with Crippen molar-refractivity contribution in [1.29, 1.82) is 0 Å². The molecular formula is C11H16BrNO2. The minimum atomic E-state index is 0.0669. The number of methoxy groups -OCH3 is 2. The van der Waals surface area contributed by atoms with Gasteiger partial charge in [0.25, 0.3) is 0 Å². The smallest absolute Gasteiger partial charge is 0.133 e. The van der Waals surface area contributed by atoms with Crippen LogP contribution in [0.4, 0.5) is 0 Å². The van der Waals surface area contributed by atoms with Gasteiger partial charge in [0.1, 0.15) is 5.75 Å². The van der Waals surface area contributed by atoms with Crippen LogP contribution in [0.15, 0.2) is 22.7 Å². The predicted octanol–water partition coefficient (Wildman–Crippen LogP) is 2.36. The minimum absolute atomic E-state index is 0.0669. The number of ether oxygens (including phenoxy) is 2. The number of benzene rings is 1. The lowest BCUT2D eigenvalue weighted by Gasteiger charge is -2.16. The van der Waals surface area contributed by atoms with Gasteiger partial charge in [-0.2, -0.15) is 0 Å². The molecule has 0 heterocycles. The van der Waals surface area contributed by atoms with Crippen molar-refractivity contribution < 1.29 is 9.47 Å². The van der Waals surface area contributed by atoms with Gasteiger partial charge in [0.15, 0.2) is 0 Å². The molecule has 0 radical (unpaired) electrons. The summed E-state index contributed by atoms with van der Waals surface area (Å²) in [5, 5.41) is 3.09. The van der Waals surface area contributed by atoms with Crippen LogP contribution in [-0.4, -0.2) is 27.8 Å². The van der Waals surface area contributed by atoms with Gasteiger partial charge in [0, 0.05) is 13.7 Å². The van der Waals surface area contributed by atoms with Gasteiger partial charge in [-0.3, -0.25) is 0 Å². The van der Waals surface area contributed by atoms with Crippen LogP contribution in [0.5, 0.6) is 5.75 Å². The lowest BCUT2D eigenvalue weighted by atomic mass is 10.1. The van der Waals surface area contributed by atoms with E-state index >= 15 is 0 Å². The Balaban J connectivity index is 2.89. The van der Waals surface area contributed by atoms with E-state index < -0.39 is 0 Å². The molecule has 0 saturated heterocycles. The molecule has 1 N–H and O–H groups in total. The summed E-state index contributed by atoms with van der Waals surface area (Å²) in [6.45, 7) is 0.787. The van der Waals surface area contributed by atoms with E-state index in [0.29, 0.717) is 0 Å². The fourth-order valence-corrected chi connectivity index (χ4v) is 1.96. The van der Waals surface area contributed by atoms with E-state index in [0.717, 1.165) is 22.3 Å². The van der Waals surface area contributed by atoms with E-state index in [1.807, 2.05) is 25.2 Å². The molecule has 84 valence electrons. The Hall–Kier alpha value is -0.580. The summed E-state index contributed by atoms with van der Waals surface area (Å²) in [7, 11) is 5.27. The van der Waals surface area contributed by atoms with E-state index in [2.05, 4.69) is 21.2 Å². The largest absolute Gasteiger partial charge is 0.496 e. The molecule has 1 rings (SSSR count). The Bertz CT molecular complexity index is 317. The summed E-state index contributed by atoms with van der Waals surface area (Å²) in [6.07, 6.45) is 0.0669. The number of hydrogen-bond acceptors (Lipinski definition) is 3. The number of halogens is 1. The normalized spacial score (nSPS) is 12.5. The monoisotopic (exact) mass is 273 g/mol. The maximum absolute atomic E-state index is 5.38. The van der Waals surface area contributed by atoms with Gasteiger partial charge >= 0.3 is 0 Å². The van der Waals surface area contributed by atoms with Gasteiger partial charge in [-0.25, -0.2) is 0 Å². The molecule has 0 aromatic heterocycles. The Labute approximate surface area is 98.9 Å². The van der Waals surface area contributed by atoms with Crippen molar-refractivity contribution in [2.75, 3.05) is 27.8 Å². The number of hydrogen-bond donors (Lipinski definition) is 1. The highest BCUT2D eigenvalue weighted by atomic mass is 79.9. The van der Waals surface area contributed by atoms with Crippen LogP contribution in [0.2, 0.25) is 0 Å². The zero-order valence-corrected chi connectivity index (χ0v) is 10.8. The molecule has 0 spiro atoms. The second-order valence-electron chi connectivity index (χ2n) is 3.18. The molecule has 0 aliphatic heterocycles. The lowest BCUT2D eigenvalue weighted by Crippen LogP contribution is -2.18. The van der Waals surface area contributed by atoms with Crippen molar-refractivity contribution in [3.8, 4) is 5.75 Å². The molecule has 1 aromatic rings. The fraction of sp³-hybridized carbons (Fsp3) is 0.455. The van der Waals surface area contributed by atoms with Crippen LogP contribution in [-0.2, 0) is 4.74 Å². The molecule has 0 aliphatic carbocycles. The number of likely N-dealkylation sites (N-methyl/N-ethyl adjacent to an activating group) is 1. The molecule has 4 heteroatoms. The molecule has 0 aliphatic rings. The molecule has 1 aromatic carbocycles. The molecule has 3 nitrogen and oxygen atoms in total. The molecular weight excluding hydrogens is 258 g/mol. The zero-order chi connectivity index (χ0) is 11.3. The maximum Gasteiger partial charge on any atom is 0.133 e. The van der Waals surface area contributed by atoms with Gasteiger partial charge in [-0.05, 0) is 40.7 Å². The first-order valence-electron chi connectivity index (χ1n) is 4.73. The van der Waals surface area contributed by atoms with Crippen molar-refractivity contribution in [2.24, 2.45) is 0 Å². The Kier molecular flexibility index (Phi) is 5.08. The fourth-order valence-electron chi connectivity index (χ4n) is 1.41. The van der Waals surface area contributed by atoms with Crippen LogP contribution in [0.25, 0.3) is 0 Å². The van der Waals surface area contributed by atoms with Crippen LogP contribution in [0, 0.1) is 0 Å². The highest BCUT2D eigenvalue weighted by molar-refractivity contribution is 9.10. The lowest BCUT2D eigenvalue weighted by molar-refractivity contribution is 0.104. The van der Waals surface area contributed by atoms with E-state index in [9.17, 15) is 0 Å². The van der Waals surface area contributed by atoms with Gasteiger partial charge in [0.05, 0.1) is 17.7 Å². The predicted molar refractivity (Wildman–Crippen MR) is 64.4 cm³/mol. The topological polar surface area (TPSA) is 30.5 Å². The third kappa shape index (κ3) is 3.19.